The van der Waals surface area contributed by atoms with Gasteiger partial charge in [0.05, 0.1) is 46.7 Å². The fourth-order valence-corrected chi connectivity index (χ4v) is 18.8. The first-order chi connectivity index (χ1) is 49.5. The van der Waals surface area contributed by atoms with E-state index >= 15 is 0 Å². The van der Waals surface area contributed by atoms with Crippen LogP contribution in [-0.4, -0.2) is 150 Å². The maximum absolute atomic E-state index is 12.7. The second-order valence-corrected chi connectivity index (χ2v) is 29.5. The third-order valence-electron chi connectivity index (χ3n) is 22.1. The van der Waals surface area contributed by atoms with Gasteiger partial charge in [-0.1, -0.05) is 94.2 Å². The predicted molar refractivity (Wildman–Crippen MR) is 357 cm³/mol. The van der Waals surface area contributed by atoms with E-state index in [0.29, 0.717) is 87.4 Å². The van der Waals surface area contributed by atoms with Gasteiger partial charge in [0, 0.05) is 81.5 Å². The molecule has 4 heterocycles. The summed E-state index contributed by atoms with van der Waals surface area (Å²) in [5, 5.41) is 0. The summed E-state index contributed by atoms with van der Waals surface area (Å²) in [6.07, 6.45) is 7.89. The Morgan fingerprint density at radius 1 is 0.400 bits per heavy atom. The molecule has 12 aliphatic rings. The van der Waals surface area contributed by atoms with Gasteiger partial charge in [0.2, 0.25) is 0 Å². The van der Waals surface area contributed by atoms with E-state index in [1.807, 2.05) is 0 Å². The molecular formula is C77H98O28. The number of hydrogen-bond donors (Lipinski definition) is 0. The van der Waals surface area contributed by atoms with Crippen molar-refractivity contribution in [2.24, 2.45) is 124 Å². The Morgan fingerprint density at radius 3 is 1.07 bits per heavy atom. The highest BCUT2D eigenvalue weighted by Crippen LogP contribution is 2.68. The first-order valence-electron chi connectivity index (χ1n) is 34.9. The Morgan fingerprint density at radius 2 is 0.695 bits per heavy atom. The molecule has 0 spiro atoms. The average molecular weight is 1470 g/mol. The first-order valence-corrected chi connectivity index (χ1v) is 34.9. The van der Waals surface area contributed by atoms with Crippen LogP contribution in [0.5, 0.6) is 0 Å². The number of rotatable bonds is 22. The third kappa shape index (κ3) is 19.7. The number of allylic oxidation sites excluding steroid dienone is 4. The molecule has 0 aromatic carbocycles. The Kier molecular flexibility index (Phi) is 31.5. The predicted octanol–water partition coefficient (Wildman–Crippen LogP) is 7.79. The van der Waals surface area contributed by atoms with Gasteiger partial charge in [-0.05, 0) is 107 Å². The number of fused-ring (bicyclic) bond motifs is 4. The molecule has 0 aromatic heterocycles. The normalized spacial score (nSPS) is 32.1. The Hall–Kier alpha value is -9.60. The summed E-state index contributed by atoms with van der Waals surface area (Å²) in [4.78, 5) is 160. The van der Waals surface area contributed by atoms with Crippen molar-refractivity contribution in [2.45, 2.75) is 132 Å². The molecular weight excluding hydrogens is 1370 g/mol. The molecule has 0 amide bonds. The standard InChI is InChI=1S/C20H28O5.C19H26O5.C18H24O5.C16H20O5.4CO2/c1-10(2)18(21)23-7-8-24-19(22)15-12-9-13-14(15)11(3)25-17(13)16(12)20(4,5)6;1-9(2)14-12-8-13-15(11(5)24-17(13)14)16(12)19(21)23-7-6-22-18(20)10(3)4;1-5-11-12-8-13-14(10(4)23-16(11)13)15(12)18(20)22-7-6-21-17(19)9(2)3;1-8(2)15(17)19-4-5-20-16(18)14-10-6-11-12(7-10)21-9(3)13(11)14;4*2-1-3/h12-17H,1,3,7-9H2,2,4-6H3;9,12-17H,3,5-8H2,1-2,4H3;11-16H,2,4-8H2,1,3H3;10-14H,1,3-7H2,2H3;;;;. The van der Waals surface area contributed by atoms with Crippen LogP contribution in [0, 0.1) is 124 Å². The largest absolute Gasteiger partial charge is 0.495 e. The summed E-state index contributed by atoms with van der Waals surface area (Å²) >= 11 is 0. The maximum Gasteiger partial charge on any atom is 0.373 e. The van der Waals surface area contributed by atoms with Crippen molar-refractivity contribution in [3.63, 3.8) is 0 Å². The van der Waals surface area contributed by atoms with Crippen LogP contribution in [0.15, 0.2) is 98.0 Å². The van der Waals surface area contributed by atoms with E-state index in [-0.39, 0.29) is 184 Å². The fraction of sp³-hybridized carbons (Fsp3) is 0.636. The van der Waals surface area contributed by atoms with Crippen LogP contribution in [0.1, 0.15) is 108 Å². The molecule has 574 valence electrons. The number of esters is 8. The highest BCUT2D eigenvalue weighted by atomic mass is 16.6. The molecule has 23 atom stereocenters. The quantitative estimate of drug-likeness (QED) is 0.0432. The number of carbonyl (C=O) groups excluding carboxylic acids is 16. The number of hydrogen-bond acceptors (Lipinski definition) is 28. The molecule has 12 fully saturated rings. The molecule has 23 unspecified atom stereocenters. The van der Waals surface area contributed by atoms with Crippen LogP contribution >= 0.6 is 0 Å². The minimum atomic E-state index is -0.468. The summed E-state index contributed by atoms with van der Waals surface area (Å²) in [5.41, 5.74) is 1.40. The van der Waals surface area contributed by atoms with Gasteiger partial charge in [-0.25, -0.2) is 19.2 Å². The van der Waals surface area contributed by atoms with Crippen LogP contribution in [0.4, 0.5) is 0 Å². The number of carbonyl (C=O) groups is 8. The van der Waals surface area contributed by atoms with Gasteiger partial charge >= 0.3 is 72.4 Å². The Balaban J connectivity index is 0.000000239. The maximum atomic E-state index is 12.7. The second-order valence-electron chi connectivity index (χ2n) is 29.5. The molecule has 0 N–H and O–H groups in total. The van der Waals surface area contributed by atoms with Gasteiger partial charge < -0.3 is 56.8 Å². The van der Waals surface area contributed by atoms with Crippen LogP contribution < -0.4 is 0 Å². The SMILES string of the molecule is C=C(C)C(=O)OCCOC(=O)C1C2CC3C(OC(=C)C31)C2C(C)(C)C.C=C(C)C(=O)OCCOC(=O)C1C2CC3C(OC(=C)C31)C2C(C)C.C=C(C)C(=O)OCCOC(=O)C1C2CC3C(OC(=C)C31)C2CC.C=C(C)C(=O)OCCOC(=O)C1C2CC3OC(=C)C1C3C2.O=C=O.O=C=O.O=C=O.O=C=O. The van der Waals surface area contributed by atoms with Crippen molar-refractivity contribution in [1.82, 2.24) is 0 Å². The summed E-state index contributed by atoms with van der Waals surface area (Å²) in [5.74, 6) is 4.35. The van der Waals surface area contributed by atoms with Gasteiger partial charge in [-0.2, -0.15) is 38.4 Å². The highest BCUT2D eigenvalue weighted by molar-refractivity contribution is 5.88. The summed E-state index contributed by atoms with van der Waals surface area (Å²) in [6, 6.07) is 0. The van der Waals surface area contributed by atoms with E-state index < -0.39 is 23.9 Å². The van der Waals surface area contributed by atoms with Gasteiger partial charge in [0.15, 0.2) is 0 Å². The van der Waals surface area contributed by atoms with Crippen molar-refractivity contribution in [1.29, 1.82) is 0 Å². The van der Waals surface area contributed by atoms with Crippen molar-refractivity contribution in [3.8, 4) is 0 Å². The summed E-state index contributed by atoms with van der Waals surface area (Å²) < 4.78 is 64.9. The van der Waals surface area contributed by atoms with E-state index in [1.54, 1.807) is 27.7 Å². The minimum Gasteiger partial charge on any atom is -0.495 e. The zero-order valence-electron chi connectivity index (χ0n) is 61.3. The monoisotopic (exact) mass is 1470 g/mol. The van der Waals surface area contributed by atoms with Crippen molar-refractivity contribution >= 4 is 72.4 Å². The molecule has 4 aliphatic heterocycles. The zero-order valence-corrected chi connectivity index (χ0v) is 61.3. The van der Waals surface area contributed by atoms with E-state index in [9.17, 15) is 38.4 Å². The lowest BCUT2D eigenvalue weighted by Gasteiger charge is -2.39. The first kappa shape index (κ1) is 86.0. The Labute approximate surface area is 610 Å². The van der Waals surface area contributed by atoms with Crippen LogP contribution in [0.2, 0.25) is 0 Å². The third-order valence-corrected chi connectivity index (χ3v) is 22.1. The van der Waals surface area contributed by atoms with E-state index in [4.69, 9.17) is 95.2 Å². The van der Waals surface area contributed by atoms with Gasteiger partial charge in [0.1, 0.15) is 77.3 Å². The fourth-order valence-electron chi connectivity index (χ4n) is 18.8. The lowest BCUT2D eigenvalue weighted by atomic mass is 9.65. The molecule has 12 rings (SSSR count). The summed E-state index contributed by atoms with van der Waals surface area (Å²) in [7, 11) is 0. The molecule has 8 bridgehead atoms. The summed E-state index contributed by atoms with van der Waals surface area (Å²) in [6.45, 7) is 50.0. The molecule has 28 nitrogen and oxygen atoms in total. The minimum absolute atomic E-state index is 0.0473. The van der Waals surface area contributed by atoms with Crippen molar-refractivity contribution in [3.05, 3.63) is 98.0 Å². The molecule has 0 radical (unpaired) electrons. The van der Waals surface area contributed by atoms with E-state index in [1.165, 1.54) is 0 Å². The molecule has 8 saturated carbocycles. The molecule has 105 heavy (non-hydrogen) atoms. The highest BCUT2D eigenvalue weighted by Gasteiger charge is 2.70. The number of ether oxygens (including phenoxy) is 12. The lowest BCUT2D eigenvalue weighted by Crippen LogP contribution is -2.43. The lowest BCUT2D eigenvalue weighted by molar-refractivity contribution is -0.193. The average Bonchev–Trinajstić information content (AvgIpc) is 1.56. The molecule has 28 heteroatoms. The van der Waals surface area contributed by atoms with Gasteiger partial charge in [-0.3, -0.25) is 19.2 Å². The van der Waals surface area contributed by atoms with Gasteiger partial charge in [0.25, 0.3) is 0 Å². The van der Waals surface area contributed by atoms with Crippen LogP contribution in [0.25, 0.3) is 0 Å². The van der Waals surface area contributed by atoms with Crippen LogP contribution in [-0.2, 0) is 134 Å². The molecule has 0 aromatic rings. The smallest absolute Gasteiger partial charge is 0.373 e. The molecule has 8 aliphatic carbocycles. The van der Waals surface area contributed by atoms with Crippen molar-refractivity contribution in [2.75, 3.05) is 52.9 Å². The van der Waals surface area contributed by atoms with Crippen molar-refractivity contribution < 1.29 is 134 Å². The zero-order chi connectivity index (χ0) is 78.8. The van der Waals surface area contributed by atoms with Crippen LogP contribution in [0.3, 0.4) is 0 Å². The second kappa shape index (κ2) is 38.4. The molecule has 4 saturated heterocycles. The van der Waals surface area contributed by atoms with Gasteiger partial charge in [-0.15, -0.1) is 0 Å². The van der Waals surface area contributed by atoms with E-state index in [2.05, 4.69) is 94.2 Å². The van der Waals surface area contributed by atoms with E-state index in [0.717, 1.165) is 61.6 Å². The topological polar surface area (TPSA) is 384 Å². The Bertz CT molecular complexity index is 3420.